The second-order valence-corrected chi connectivity index (χ2v) is 3.66. The summed E-state index contributed by atoms with van der Waals surface area (Å²) in [7, 11) is 1.35. The van der Waals surface area contributed by atoms with E-state index in [1.54, 1.807) is 18.2 Å². The second-order valence-electron chi connectivity index (χ2n) is 3.66. The van der Waals surface area contributed by atoms with Crippen LogP contribution in [0.2, 0.25) is 0 Å². The molecule has 1 rings (SSSR count). The molecule has 0 spiro atoms. The Kier molecular flexibility index (Phi) is 4.46. The third kappa shape index (κ3) is 2.81. The molecule has 0 fully saturated rings. The monoisotopic (exact) mass is 223 g/mol. The predicted octanol–water partition coefficient (Wildman–Crippen LogP) is 1.16. The molecule has 0 aliphatic carbocycles. The molecule has 0 heterocycles. The Balaban J connectivity index is 2.94. The Bertz CT molecular complexity index is 377. The zero-order valence-corrected chi connectivity index (χ0v) is 9.56. The summed E-state index contributed by atoms with van der Waals surface area (Å²) in [6.45, 7) is 2.24. The fourth-order valence-electron chi connectivity index (χ4n) is 1.56. The number of aliphatic hydroxyl groups is 1. The van der Waals surface area contributed by atoms with Gasteiger partial charge in [-0.25, -0.2) is 4.79 Å². The highest BCUT2D eigenvalue weighted by atomic mass is 16.5. The van der Waals surface area contributed by atoms with Crippen molar-refractivity contribution in [2.45, 2.75) is 19.4 Å². The van der Waals surface area contributed by atoms with E-state index in [4.69, 9.17) is 5.73 Å². The van der Waals surface area contributed by atoms with Gasteiger partial charge in [0.2, 0.25) is 0 Å². The Hall–Kier alpha value is -1.39. The largest absolute Gasteiger partial charge is 0.465 e. The molecule has 0 saturated heterocycles. The Morgan fingerprint density at radius 3 is 2.75 bits per heavy atom. The minimum Gasteiger partial charge on any atom is -0.465 e. The third-order valence-corrected chi connectivity index (χ3v) is 2.48. The van der Waals surface area contributed by atoms with Crippen LogP contribution in [0.25, 0.3) is 0 Å². The number of hydrogen-bond acceptors (Lipinski definition) is 4. The third-order valence-electron chi connectivity index (χ3n) is 2.48. The quantitative estimate of drug-likeness (QED) is 0.751. The van der Waals surface area contributed by atoms with Crippen LogP contribution in [0.5, 0.6) is 0 Å². The van der Waals surface area contributed by atoms with Crippen LogP contribution < -0.4 is 5.73 Å². The van der Waals surface area contributed by atoms with Crippen LogP contribution in [0.3, 0.4) is 0 Å². The van der Waals surface area contributed by atoms with E-state index >= 15 is 0 Å². The molecule has 4 nitrogen and oxygen atoms in total. The van der Waals surface area contributed by atoms with Gasteiger partial charge in [0.15, 0.2) is 0 Å². The van der Waals surface area contributed by atoms with E-state index < -0.39 is 6.10 Å². The summed E-state index contributed by atoms with van der Waals surface area (Å²) in [5.74, 6) is -0.364. The van der Waals surface area contributed by atoms with Gasteiger partial charge in [0.25, 0.3) is 0 Å². The molecule has 0 aliphatic heterocycles. The Morgan fingerprint density at radius 1 is 1.56 bits per heavy atom. The molecule has 16 heavy (non-hydrogen) atoms. The summed E-state index contributed by atoms with van der Waals surface area (Å²) in [4.78, 5) is 11.3. The number of nitrogens with two attached hydrogens (primary N) is 1. The molecule has 0 bridgehead atoms. The van der Waals surface area contributed by atoms with Gasteiger partial charge in [-0.1, -0.05) is 12.1 Å². The highest BCUT2D eigenvalue weighted by molar-refractivity contribution is 5.90. The van der Waals surface area contributed by atoms with Crippen molar-refractivity contribution < 1.29 is 14.6 Å². The van der Waals surface area contributed by atoms with Crippen molar-refractivity contribution in [3.63, 3.8) is 0 Å². The van der Waals surface area contributed by atoms with Crippen molar-refractivity contribution in [3.8, 4) is 0 Å². The minimum atomic E-state index is -0.574. The number of carbonyl (C=O) groups is 1. The number of benzene rings is 1. The van der Waals surface area contributed by atoms with Gasteiger partial charge >= 0.3 is 5.97 Å². The van der Waals surface area contributed by atoms with Crippen LogP contribution in [0.1, 0.15) is 34.0 Å². The molecule has 88 valence electrons. The summed E-state index contributed by atoms with van der Waals surface area (Å²) in [6.07, 6.45) is -0.0628. The number of carbonyl (C=O) groups excluding carboxylic acids is 1. The summed E-state index contributed by atoms with van der Waals surface area (Å²) >= 11 is 0. The van der Waals surface area contributed by atoms with Crippen molar-refractivity contribution in [2.75, 3.05) is 13.7 Å². The lowest BCUT2D eigenvalue weighted by Gasteiger charge is -2.12. The minimum absolute atomic E-state index is 0.364. The van der Waals surface area contributed by atoms with E-state index in [1.807, 2.05) is 6.92 Å². The van der Waals surface area contributed by atoms with Gasteiger partial charge < -0.3 is 15.6 Å². The van der Waals surface area contributed by atoms with Gasteiger partial charge in [-0.05, 0) is 37.1 Å². The van der Waals surface area contributed by atoms with E-state index in [2.05, 4.69) is 4.74 Å². The first-order valence-corrected chi connectivity index (χ1v) is 5.17. The van der Waals surface area contributed by atoms with Crippen molar-refractivity contribution in [3.05, 3.63) is 34.9 Å². The first-order chi connectivity index (χ1) is 7.60. The topological polar surface area (TPSA) is 72.5 Å². The van der Waals surface area contributed by atoms with Gasteiger partial charge in [0.05, 0.1) is 18.8 Å². The normalized spacial score (nSPS) is 12.2. The molecule has 0 radical (unpaired) electrons. The lowest BCUT2D eigenvalue weighted by molar-refractivity contribution is 0.0599. The zero-order chi connectivity index (χ0) is 12.1. The van der Waals surface area contributed by atoms with Crippen molar-refractivity contribution in [2.24, 2.45) is 5.73 Å². The van der Waals surface area contributed by atoms with Crippen LogP contribution in [-0.4, -0.2) is 24.7 Å². The van der Waals surface area contributed by atoms with Crippen molar-refractivity contribution in [1.29, 1.82) is 0 Å². The number of ether oxygens (including phenoxy) is 1. The molecule has 0 saturated carbocycles. The predicted molar refractivity (Wildman–Crippen MR) is 61.1 cm³/mol. The number of methoxy groups -OCH3 is 1. The molecule has 1 atom stereocenters. The number of aliphatic hydroxyl groups excluding tert-OH is 1. The summed E-state index contributed by atoms with van der Waals surface area (Å²) < 4.78 is 4.64. The fraction of sp³-hybridized carbons (Fsp3) is 0.417. The smallest absolute Gasteiger partial charge is 0.338 e. The van der Waals surface area contributed by atoms with Crippen LogP contribution in [-0.2, 0) is 4.74 Å². The zero-order valence-electron chi connectivity index (χ0n) is 9.56. The van der Waals surface area contributed by atoms with E-state index in [0.29, 0.717) is 18.5 Å². The first kappa shape index (κ1) is 12.7. The second kappa shape index (κ2) is 5.63. The molecule has 3 N–H and O–H groups in total. The van der Waals surface area contributed by atoms with Gasteiger partial charge in [-0.2, -0.15) is 0 Å². The summed E-state index contributed by atoms with van der Waals surface area (Å²) in [6, 6.07) is 5.17. The van der Waals surface area contributed by atoms with Crippen LogP contribution >= 0.6 is 0 Å². The van der Waals surface area contributed by atoms with E-state index in [1.165, 1.54) is 7.11 Å². The highest BCUT2D eigenvalue weighted by Crippen LogP contribution is 2.20. The molecular formula is C12H17NO3. The van der Waals surface area contributed by atoms with Crippen LogP contribution in [0, 0.1) is 6.92 Å². The average Bonchev–Trinajstić information content (AvgIpc) is 2.28. The molecule has 0 amide bonds. The van der Waals surface area contributed by atoms with Crippen molar-refractivity contribution >= 4 is 5.97 Å². The molecular weight excluding hydrogens is 206 g/mol. The lowest BCUT2D eigenvalue weighted by atomic mass is 10.0. The molecule has 1 aromatic rings. The van der Waals surface area contributed by atoms with Gasteiger partial charge in [-0.3, -0.25) is 0 Å². The molecule has 1 aromatic carbocycles. The van der Waals surface area contributed by atoms with Crippen LogP contribution in [0.4, 0.5) is 0 Å². The van der Waals surface area contributed by atoms with Gasteiger partial charge in [-0.15, -0.1) is 0 Å². The summed E-state index contributed by atoms with van der Waals surface area (Å²) in [5, 5.41) is 9.74. The standard InChI is InChI=1S/C12H17NO3/c1-8-7-9(11(14)5-6-13)3-4-10(8)12(15)16-2/h3-4,7,11,14H,5-6,13H2,1-2H3/t11-/m1/s1. The van der Waals surface area contributed by atoms with Crippen LogP contribution in [0.15, 0.2) is 18.2 Å². The molecule has 0 aliphatic rings. The molecule has 0 aromatic heterocycles. The first-order valence-electron chi connectivity index (χ1n) is 5.17. The van der Waals surface area contributed by atoms with E-state index in [0.717, 1.165) is 11.1 Å². The number of esters is 1. The fourth-order valence-corrected chi connectivity index (χ4v) is 1.56. The Labute approximate surface area is 95.0 Å². The number of hydrogen-bond donors (Lipinski definition) is 2. The number of aryl methyl sites for hydroxylation is 1. The van der Waals surface area contributed by atoms with E-state index in [-0.39, 0.29) is 5.97 Å². The van der Waals surface area contributed by atoms with Gasteiger partial charge in [0, 0.05) is 0 Å². The SMILES string of the molecule is COC(=O)c1ccc([C@H](O)CCN)cc1C. The maximum Gasteiger partial charge on any atom is 0.338 e. The average molecular weight is 223 g/mol. The molecule has 4 heteroatoms. The summed E-state index contributed by atoms with van der Waals surface area (Å²) in [5.41, 5.74) is 7.46. The maximum atomic E-state index is 11.3. The molecule has 0 unspecified atom stereocenters. The lowest BCUT2D eigenvalue weighted by Crippen LogP contribution is -2.08. The van der Waals surface area contributed by atoms with E-state index in [9.17, 15) is 9.90 Å². The van der Waals surface area contributed by atoms with Crippen molar-refractivity contribution in [1.82, 2.24) is 0 Å². The van der Waals surface area contributed by atoms with Gasteiger partial charge in [0.1, 0.15) is 0 Å². The Morgan fingerprint density at radius 2 is 2.25 bits per heavy atom. The maximum absolute atomic E-state index is 11.3. The highest BCUT2D eigenvalue weighted by Gasteiger charge is 2.12. The number of rotatable bonds is 4.